The number of carbonyl (C=O) groups excluding carboxylic acids is 1. The number of ether oxygens (including phenoxy) is 2. The third-order valence-corrected chi connectivity index (χ3v) is 6.72. The number of aliphatic imine (C=N–C) groups is 1. The second-order valence-electron chi connectivity index (χ2n) is 10.9. The first-order valence-electron chi connectivity index (χ1n) is 12.7. The fourth-order valence-corrected chi connectivity index (χ4v) is 5.19. The van der Waals surface area contributed by atoms with E-state index in [2.05, 4.69) is 49.4 Å². The highest BCUT2D eigenvalue weighted by molar-refractivity contribution is 6.16. The van der Waals surface area contributed by atoms with E-state index in [-0.39, 0.29) is 17.0 Å². The Morgan fingerprint density at radius 3 is 2.59 bits per heavy atom. The average Bonchev–Trinajstić information content (AvgIpc) is 3.20. The molecule has 0 atom stereocenters. The molecule has 7 nitrogen and oxygen atoms in total. The molecule has 2 N–H and O–H groups in total. The maximum Gasteiger partial charge on any atom is 0.251 e. The minimum Gasteiger partial charge on any atom is -0.493 e. The summed E-state index contributed by atoms with van der Waals surface area (Å²) in [7, 11) is 1.69. The van der Waals surface area contributed by atoms with Crippen molar-refractivity contribution >= 4 is 17.3 Å². The van der Waals surface area contributed by atoms with E-state index in [4.69, 9.17) is 14.5 Å². The number of amides is 1. The second kappa shape index (κ2) is 9.54. The maximum atomic E-state index is 13.0. The van der Waals surface area contributed by atoms with Crippen LogP contribution in [-0.4, -0.2) is 47.9 Å². The number of aromatic nitrogens is 1. The maximum absolute atomic E-state index is 13.0. The Morgan fingerprint density at radius 2 is 1.84 bits per heavy atom. The molecule has 2 aliphatic heterocycles. The third kappa shape index (κ3) is 5.17. The summed E-state index contributed by atoms with van der Waals surface area (Å²) in [6.45, 7) is 9.59. The summed E-state index contributed by atoms with van der Waals surface area (Å²) in [4.78, 5) is 22.2. The minimum absolute atomic E-state index is 0.112. The predicted molar refractivity (Wildman–Crippen MR) is 146 cm³/mol. The molecule has 0 unspecified atom stereocenters. The van der Waals surface area contributed by atoms with Crippen LogP contribution in [0.25, 0.3) is 0 Å². The highest BCUT2D eigenvalue weighted by Crippen LogP contribution is 2.47. The molecule has 0 bridgehead atoms. The van der Waals surface area contributed by atoms with Crippen LogP contribution in [0.2, 0.25) is 0 Å². The van der Waals surface area contributed by atoms with E-state index in [0.29, 0.717) is 18.7 Å². The molecule has 2 aliphatic rings. The highest BCUT2D eigenvalue weighted by atomic mass is 16.5. The van der Waals surface area contributed by atoms with Gasteiger partial charge in [0.2, 0.25) is 0 Å². The van der Waals surface area contributed by atoms with Crippen LogP contribution in [0.15, 0.2) is 59.9 Å². The van der Waals surface area contributed by atoms with Gasteiger partial charge in [-0.3, -0.25) is 14.8 Å². The van der Waals surface area contributed by atoms with Gasteiger partial charge in [-0.15, -0.1) is 0 Å². The number of nitrogens with zero attached hydrogens (tertiary/aromatic N) is 2. The van der Waals surface area contributed by atoms with Gasteiger partial charge in [-0.1, -0.05) is 12.1 Å². The van der Waals surface area contributed by atoms with Crippen LogP contribution in [0.1, 0.15) is 60.3 Å². The first kappa shape index (κ1) is 24.8. The smallest absolute Gasteiger partial charge is 0.251 e. The molecule has 1 aromatic heterocycles. The summed E-state index contributed by atoms with van der Waals surface area (Å²) in [6.07, 6.45) is 5.04. The molecule has 0 saturated heterocycles. The van der Waals surface area contributed by atoms with E-state index in [9.17, 15) is 4.79 Å². The first-order chi connectivity index (χ1) is 17.7. The Morgan fingerprint density at radius 1 is 1.05 bits per heavy atom. The van der Waals surface area contributed by atoms with Crippen molar-refractivity contribution in [3.63, 3.8) is 0 Å². The van der Waals surface area contributed by atoms with Crippen molar-refractivity contribution in [2.45, 2.75) is 51.7 Å². The molecular formula is C30H34N4O3. The molecule has 37 heavy (non-hydrogen) atoms. The second-order valence-corrected chi connectivity index (χ2v) is 10.9. The fraction of sp³-hybridized carbons (Fsp3) is 0.367. The summed E-state index contributed by atoms with van der Waals surface area (Å²) in [5, 5.41) is 6.29. The largest absolute Gasteiger partial charge is 0.493 e. The number of hydrogen-bond donors (Lipinski definition) is 2. The summed E-state index contributed by atoms with van der Waals surface area (Å²) in [6, 6.07) is 13.6. The molecule has 3 heterocycles. The van der Waals surface area contributed by atoms with Crippen LogP contribution < -0.4 is 20.1 Å². The van der Waals surface area contributed by atoms with Gasteiger partial charge in [-0.2, -0.15) is 0 Å². The zero-order valence-corrected chi connectivity index (χ0v) is 22.1. The number of anilines is 1. The zero-order chi connectivity index (χ0) is 26.2. The molecule has 3 aromatic rings. The Labute approximate surface area is 218 Å². The number of hydrogen-bond acceptors (Lipinski definition) is 6. The number of pyridine rings is 1. The first-order valence-corrected chi connectivity index (χ1v) is 12.7. The Hall–Kier alpha value is -3.87. The summed E-state index contributed by atoms with van der Waals surface area (Å²) < 4.78 is 12.0. The highest BCUT2D eigenvalue weighted by Gasteiger charge is 2.39. The molecular weight excluding hydrogens is 464 g/mol. The standard InChI is InChI=1S/C30H34N4O3/c1-29(2)17-21-16-24(36-5)27-23(18-30(3,4)37-27)25(21)26(34-29)19-7-6-8-20(15-19)28(35)33-14-13-32-22-9-11-31-12-10-22/h6-12,15-16H,13-14,17-18H2,1-5H3,(H,31,32)(H,33,35). The van der Waals surface area contributed by atoms with Crippen LogP contribution in [0, 0.1) is 0 Å². The normalized spacial score (nSPS) is 16.6. The predicted octanol–water partition coefficient (Wildman–Crippen LogP) is 4.82. The summed E-state index contributed by atoms with van der Waals surface area (Å²) in [5.41, 5.74) is 6.24. The lowest BCUT2D eigenvalue weighted by atomic mass is 9.80. The Bertz CT molecular complexity index is 1360. The van der Waals surface area contributed by atoms with Gasteiger partial charge < -0.3 is 20.1 Å². The van der Waals surface area contributed by atoms with Gasteiger partial charge in [-0.05, 0) is 70.0 Å². The van der Waals surface area contributed by atoms with E-state index in [1.807, 2.05) is 36.4 Å². The van der Waals surface area contributed by atoms with Crippen LogP contribution in [0.4, 0.5) is 5.69 Å². The van der Waals surface area contributed by atoms with Crippen molar-refractivity contribution in [1.82, 2.24) is 10.3 Å². The van der Waals surface area contributed by atoms with E-state index in [1.54, 1.807) is 19.5 Å². The minimum atomic E-state index is -0.325. The molecule has 7 heteroatoms. The lowest BCUT2D eigenvalue weighted by Gasteiger charge is -2.31. The quantitative estimate of drug-likeness (QED) is 0.457. The Kier molecular flexibility index (Phi) is 6.40. The molecule has 2 aromatic carbocycles. The van der Waals surface area contributed by atoms with Gasteiger partial charge in [0.15, 0.2) is 11.5 Å². The zero-order valence-electron chi connectivity index (χ0n) is 22.1. The monoisotopic (exact) mass is 498 g/mol. The fourth-order valence-electron chi connectivity index (χ4n) is 5.19. The van der Waals surface area contributed by atoms with E-state index < -0.39 is 0 Å². The molecule has 0 saturated carbocycles. The number of fused-ring (bicyclic) bond motifs is 3. The molecule has 0 spiro atoms. The van der Waals surface area contributed by atoms with Gasteiger partial charge in [0, 0.05) is 59.8 Å². The molecule has 1 amide bonds. The summed E-state index contributed by atoms with van der Waals surface area (Å²) in [5.74, 6) is 1.46. The van der Waals surface area contributed by atoms with E-state index >= 15 is 0 Å². The van der Waals surface area contributed by atoms with Crippen LogP contribution in [0.5, 0.6) is 11.5 Å². The number of benzene rings is 2. The van der Waals surface area contributed by atoms with Gasteiger partial charge in [0.05, 0.1) is 18.4 Å². The van der Waals surface area contributed by atoms with Crippen molar-refractivity contribution in [1.29, 1.82) is 0 Å². The average molecular weight is 499 g/mol. The molecule has 0 aliphatic carbocycles. The van der Waals surface area contributed by atoms with Crippen LogP contribution in [0.3, 0.4) is 0 Å². The molecule has 5 rings (SSSR count). The van der Waals surface area contributed by atoms with E-state index in [0.717, 1.165) is 52.4 Å². The third-order valence-electron chi connectivity index (χ3n) is 6.72. The van der Waals surface area contributed by atoms with Gasteiger partial charge in [-0.25, -0.2) is 0 Å². The van der Waals surface area contributed by atoms with Crippen molar-refractivity contribution in [2.75, 3.05) is 25.5 Å². The Balaban J connectivity index is 1.43. The van der Waals surface area contributed by atoms with Gasteiger partial charge >= 0.3 is 0 Å². The number of nitrogens with one attached hydrogen (secondary N) is 2. The SMILES string of the molecule is COc1cc2c(c3c1OC(C)(C)C3)C(c1cccc(C(=O)NCCNc3ccncc3)c1)=NC(C)(C)C2. The lowest BCUT2D eigenvalue weighted by Crippen LogP contribution is -2.31. The molecule has 192 valence electrons. The van der Waals surface area contributed by atoms with Crippen LogP contribution in [-0.2, 0) is 12.8 Å². The number of carbonyl (C=O) groups is 1. The van der Waals surface area contributed by atoms with Crippen LogP contribution >= 0.6 is 0 Å². The number of rotatable bonds is 7. The topological polar surface area (TPSA) is 84.8 Å². The van der Waals surface area contributed by atoms with Gasteiger partial charge in [0.25, 0.3) is 5.91 Å². The van der Waals surface area contributed by atoms with Crippen molar-refractivity contribution in [3.05, 3.63) is 82.7 Å². The van der Waals surface area contributed by atoms with E-state index in [1.165, 1.54) is 5.56 Å². The number of methoxy groups -OCH3 is 1. The molecule has 0 radical (unpaired) electrons. The van der Waals surface area contributed by atoms with Crippen molar-refractivity contribution < 1.29 is 14.3 Å². The summed E-state index contributed by atoms with van der Waals surface area (Å²) >= 11 is 0. The van der Waals surface area contributed by atoms with Gasteiger partial charge in [0.1, 0.15) is 5.60 Å². The van der Waals surface area contributed by atoms with Crippen molar-refractivity contribution in [3.8, 4) is 11.5 Å². The molecule has 0 fully saturated rings. The lowest BCUT2D eigenvalue weighted by molar-refractivity contribution is 0.0955. The van der Waals surface area contributed by atoms with Crippen molar-refractivity contribution in [2.24, 2.45) is 4.99 Å².